The summed E-state index contributed by atoms with van der Waals surface area (Å²) >= 11 is 5.97. The zero-order valence-corrected chi connectivity index (χ0v) is 19.4. The lowest BCUT2D eigenvalue weighted by Crippen LogP contribution is -2.59. The van der Waals surface area contributed by atoms with Gasteiger partial charge in [-0.3, -0.25) is 4.21 Å². The first-order valence-electron chi connectivity index (χ1n) is 11.5. The number of piperidine rings is 1. The minimum absolute atomic E-state index is 0.107. The van der Waals surface area contributed by atoms with Gasteiger partial charge in [0.05, 0.1) is 39.1 Å². The Morgan fingerprint density at radius 2 is 1.84 bits per heavy atom. The van der Waals surface area contributed by atoms with Crippen molar-refractivity contribution < 1.29 is 9.32 Å². The van der Waals surface area contributed by atoms with Crippen molar-refractivity contribution in [1.82, 2.24) is 19.9 Å². The van der Waals surface area contributed by atoms with E-state index in [0.29, 0.717) is 40.2 Å². The summed E-state index contributed by atoms with van der Waals surface area (Å²) in [5, 5.41) is 10.7. The summed E-state index contributed by atoms with van der Waals surface area (Å²) in [6.07, 6.45) is 12.3. The van der Waals surface area contributed by atoms with Crippen molar-refractivity contribution in [3.63, 3.8) is 0 Å². The van der Waals surface area contributed by atoms with E-state index in [0.717, 1.165) is 62.5 Å². The molecular weight excluding hydrogens is 448 g/mol. The summed E-state index contributed by atoms with van der Waals surface area (Å²) < 4.78 is 12.7. The second-order valence-corrected chi connectivity index (χ2v) is 11.5. The molecule has 2 bridgehead atoms. The minimum Gasteiger partial charge on any atom is -0.394 e. The van der Waals surface area contributed by atoms with Crippen LogP contribution in [0.2, 0.25) is 5.02 Å². The Hall–Kier alpha value is -1.84. The average Bonchev–Trinajstić information content (AvgIpc) is 3.04. The largest absolute Gasteiger partial charge is 0.394 e. The molecule has 2 saturated heterocycles. The molecule has 1 saturated carbocycles. The van der Waals surface area contributed by atoms with E-state index in [2.05, 4.69) is 24.8 Å². The number of nitrogens with zero attached hydrogens (tertiary/aromatic N) is 6. The molecular formula is C22H27ClN6O2S. The summed E-state index contributed by atoms with van der Waals surface area (Å²) in [7, 11) is -1.09. The number of rotatable bonds is 4. The molecule has 3 atom stereocenters. The number of hydrogen-bond acceptors (Lipinski definition) is 8. The molecule has 0 aromatic carbocycles. The maximum absolute atomic E-state index is 12.7. The summed E-state index contributed by atoms with van der Waals surface area (Å²) in [4.78, 5) is 23.9. The van der Waals surface area contributed by atoms with Gasteiger partial charge in [-0.25, -0.2) is 15.0 Å². The van der Waals surface area contributed by atoms with E-state index < -0.39 is 10.8 Å². The summed E-state index contributed by atoms with van der Waals surface area (Å²) in [5.41, 5.74) is -0.261. The lowest BCUT2D eigenvalue weighted by Gasteiger charge is -2.51. The number of hydrogen-bond donors (Lipinski definition) is 1. The second-order valence-electron chi connectivity index (χ2n) is 9.52. The number of anilines is 2. The number of aromatic nitrogens is 4. The van der Waals surface area contributed by atoms with E-state index in [1.807, 2.05) is 0 Å². The monoisotopic (exact) mass is 474 g/mol. The van der Waals surface area contributed by atoms with Crippen molar-refractivity contribution >= 4 is 34.2 Å². The fraction of sp³-hybridized carbons (Fsp3) is 0.636. The van der Waals surface area contributed by atoms with Crippen molar-refractivity contribution in [3.8, 4) is 0 Å². The Morgan fingerprint density at radius 1 is 1.12 bits per heavy atom. The van der Waals surface area contributed by atoms with E-state index >= 15 is 0 Å². The maximum atomic E-state index is 12.7. The van der Waals surface area contributed by atoms with Crippen molar-refractivity contribution in [1.29, 1.82) is 0 Å². The Balaban J connectivity index is 1.31. The third kappa shape index (κ3) is 3.23. The highest BCUT2D eigenvalue weighted by molar-refractivity contribution is 7.85. The van der Waals surface area contributed by atoms with Gasteiger partial charge in [0.25, 0.3) is 0 Å². The third-order valence-electron chi connectivity index (χ3n) is 7.85. The van der Waals surface area contributed by atoms with Crippen LogP contribution in [-0.2, 0) is 10.8 Å². The zero-order valence-electron chi connectivity index (χ0n) is 17.9. The Bertz CT molecular complexity index is 1030. The molecule has 2 aromatic rings. The van der Waals surface area contributed by atoms with E-state index in [1.165, 1.54) is 0 Å². The molecule has 1 aliphatic carbocycles. The van der Waals surface area contributed by atoms with Crippen LogP contribution in [-0.4, -0.2) is 65.8 Å². The fourth-order valence-corrected chi connectivity index (χ4v) is 7.22. The van der Waals surface area contributed by atoms with E-state index in [9.17, 15) is 9.32 Å². The normalized spacial score (nSPS) is 30.7. The molecule has 170 valence electrons. The SMILES string of the molecule is O=[S@@]1CCN(C2(CO)CCC2)c2nc(N3C4CCC3CC(c3ncc(Cl)cn3)C4)ncc21. The van der Waals surface area contributed by atoms with Gasteiger partial charge in [-0.1, -0.05) is 11.6 Å². The van der Waals surface area contributed by atoms with E-state index in [-0.39, 0.29) is 12.1 Å². The molecule has 0 spiro atoms. The molecule has 2 unspecified atom stereocenters. The molecule has 3 fully saturated rings. The van der Waals surface area contributed by atoms with E-state index in [4.69, 9.17) is 16.6 Å². The number of aliphatic hydroxyl groups excluding tert-OH is 1. The quantitative estimate of drug-likeness (QED) is 0.722. The Morgan fingerprint density at radius 3 is 2.47 bits per heavy atom. The van der Waals surface area contributed by atoms with Crippen LogP contribution in [0.25, 0.3) is 0 Å². The van der Waals surface area contributed by atoms with Crippen LogP contribution in [0.4, 0.5) is 11.8 Å². The number of fused-ring (bicyclic) bond motifs is 3. The van der Waals surface area contributed by atoms with Crippen molar-refractivity contribution in [2.24, 2.45) is 0 Å². The highest BCUT2D eigenvalue weighted by atomic mass is 35.5. The lowest BCUT2D eigenvalue weighted by atomic mass is 9.76. The first-order chi connectivity index (χ1) is 15.6. The van der Waals surface area contributed by atoms with Crippen LogP contribution < -0.4 is 9.80 Å². The fourth-order valence-electron chi connectivity index (χ4n) is 6.03. The summed E-state index contributed by atoms with van der Waals surface area (Å²) in [6.45, 7) is 0.773. The first-order valence-corrected chi connectivity index (χ1v) is 13.2. The highest BCUT2D eigenvalue weighted by Crippen LogP contribution is 2.46. The van der Waals surface area contributed by atoms with Crippen molar-refractivity contribution in [3.05, 3.63) is 29.4 Å². The van der Waals surface area contributed by atoms with Crippen LogP contribution in [0.15, 0.2) is 23.5 Å². The van der Waals surface area contributed by atoms with Gasteiger partial charge in [-0.2, -0.15) is 4.98 Å². The second kappa shape index (κ2) is 7.88. The van der Waals surface area contributed by atoms with Gasteiger partial charge in [0, 0.05) is 42.7 Å². The predicted octanol–water partition coefficient (Wildman–Crippen LogP) is 2.68. The van der Waals surface area contributed by atoms with Crippen molar-refractivity contribution in [2.45, 2.75) is 73.4 Å². The van der Waals surface area contributed by atoms with Gasteiger partial charge in [-0.15, -0.1) is 0 Å². The third-order valence-corrected chi connectivity index (χ3v) is 9.37. The molecule has 0 amide bonds. The Labute approximate surface area is 194 Å². The topological polar surface area (TPSA) is 95.3 Å². The standard InChI is InChI=1S/C22H27ClN6O2S/c23-15-10-24-19(25-11-15)14-8-16-2-3-17(9-14)29(16)21-26-12-18-20(27-21)28(6-7-32(18)31)22(13-30)4-1-5-22/h10-12,14,16-17,30H,1-9,13H2/t14?,16?,17?,32-/m1/s1. The highest BCUT2D eigenvalue weighted by Gasteiger charge is 2.47. The predicted molar refractivity (Wildman–Crippen MR) is 123 cm³/mol. The van der Waals surface area contributed by atoms with Crippen molar-refractivity contribution in [2.75, 3.05) is 28.7 Å². The van der Waals surface area contributed by atoms with Crippen LogP contribution >= 0.6 is 11.6 Å². The zero-order chi connectivity index (χ0) is 21.9. The van der Waals surface area contributed by atoms with Gasteiger partial charge in [0.15, 0.2) is 5.82 Å². The molecule has 32 heavy (non-hydrogen) atoms. The van der Waals surface area contributed by atoms with Crippen LogP contribution in [0.3, 0.4) is 0 Å². The maximum Gasteiger partial charge on any atom is 0.227 e. The lowest BCUT2D eigenvalue weighted by molar-refractivity contribution is 0.115. The number of aliphatic hydroxyl groups is 1. The van der Waals surface area contributed by atoms with Gasteiger partial charge < -0.3 is 14.9 Å². The summed E-state index contributed by atoms with van der Waals surface area (Å²) in [5.74, 6) is 3.23. The first kappa shape index (κ1) is 20.7. The van der Waals surface area contributed by atoms with Gasteiger partial charge in [0.2, 0.25) is 5.95 Å². The average molecular weight is 475 g/mol. The molecule has 2 aromatic heterocycles. The van der Waals surface area contributed by atoms with Gasteiger partial charge >= 0.3 is 0 Å². The molecule has 4 aliphatic rings. The molecule has 6 rings (SSSR count). The van der Waals surface area contributed by atoms with Crippen LogP contribution in [0, 0.1) is 0 Å². The molecule has 0 radical (unpaired) electrons. The molecule has 1 N–H and O–H groups in total. The Kier molecular flexibility index (Phi) is 5.11. The smallest absolute Gasteiger partial charge is 0.227 e. The molecule has 10 heteroatoms. The van der Waals surface area contributed by atoms with Crippen LogP contribution in [0.5, 0.6) is 0 Å². The molecule has 8 nitrogen and oxygen atoms in total. The van der Waals surface area contributed by atoms with E-state index in [1.54, 1.807) is 18.6 Å². The number of halogens is 1. The minimum atomic E-state index is -1.09. The van der Waals surface area contributed by atoms with Gasteiger partial charge in [0.1, 0.15) is 5.82 Å². The summed E-state index contributed by atoms with van der Waals surface area (Å²) in [6, 6.07) is 0.684. The van der Waals surface area contributed by atoms with Crippen LogP contribution in [0.1, 0.15) is 56.7 Å². The molecule has 5 heterocycles. The van der Waals surface area contributed by atoms with Gasteiger partial charge in [-0.05, 0) is 44.9 Å². The molecule has 3 aliphatic heterocycles.